The number of nitrogens with two attached hydrogens (primary N) is 1. The van der Waals surface area contributed by atoms with Crippen LogP contribution in [0.4, 0.5) is 0 Å². The molecule has 0 saturated carbocycles. The molecular formula is C13H20ClN3O3. The summed E-state index contributed by atoms with van der Waals surface area (Å²) in [4.78, 5) is 22.1. The highest BCUT2D eigenvalue weighted by molar-refractivity contribution is 5.85. The number of ether oxygens (including phenoxy) is 1. The number of halogens is 1. The van der Waals surface area contributed by atoms with Gasteiger partial charge in [0.05, 0.1) is 26.3 Å². The zero-order valence-electron chi connectivity index (χ0n) is 11.1. The zero-order valence-corrected chi connectivity index (χ0v) is 11.9. The zero-order chi connectivity index (χ0) is 13.9. The molecule has 112 valence electrons. The number of rotatable bonds is 8. The first-order valence-corrected chi connectivity index (χ1v) is 6.07. The third-order valence-electron chi connectivity index (χ3n) is 2.31. The highest BCUT2D eigenvalue weighted by Crippen LogP contribution is 1.99. The summed E-state index contributed by atoms with van der Waals surface area (Å²) in [6.07, 6.45) is 0. The van der Waals surface area contributed by atoms with Gasteiger partial charge in [-0.2, -0.15) is 0 Å². The van der Waals surface area contributed by atoms with Gasteiger partial charge in [-0.15, -0.1) is 12.4 Å². The molecule has 0 heterocycles. The lowest BCUT2D eigenvalue weighted by Gasteiger charge is -2.07. The van der Waals surface area contributed by atoms with E-state index in [-0.39, 0.29) is 37.3 Å². The summed E-state index contributed by atoms with van der Waals surface area (Å²) in [7, 11) is 0. The van der Waals surface area contributed by atoms with Crippen LogP contribution in [0.3, 0.4) is 0 Å². The van der Waals surface area contributed by atoms with Crippen molar-refractivity contribution in [2.75, 3.05) is 26.2 Å². The molecule has 0 radical (unpaired) electrons. The van der Waals surface area contributed by atoms with Crippen LogP contribution in [0.1, 0.15) is 5.56 Å². The minimum atomic E-state index is -0.351. The second-order valence-corrected chi connectivity index (χ2v) is 3.87. The SMILES string of the molecule is Cl.NCC(=O)NCC(=O)NCCOCc1ccccc1. The summed E-state index contributed by atoms with van der Waals surface area (Å²) in [6, 6.07) is 9.78. The van der Waals surface area contributed by atoms with Crippen molar-refractivity contribution in [2.45, 2.75) is 6.61 Å². The summed E-state index contributed by atoms with van der Waals surface area (Å²) < 4.78 is 5.39. The Kier molecular flexibility index (Phi) is 10.3. The summed E-state index contributed by atoms with van der Waals surface area (Å²) in [5, 5.41) is 5.01. The fraction of sp³-hybridized carbons (Fsp3) is 0.385. The number of nitrogens with one attached hydrogen (secondary N) is 2. The molecule has 20 heavy (non-hydrogen) atoms. The summed E-state index contributed by atoms with van der Waals surface area (Å²) >= 11 is 0. The molecule has 6 nitrogen and oxygen atoms in total. The second-order valence-electron chi connectivity index (χ2n) is 3.87. The fourth-order valence-electron chi connectivity index (χ4n) is 1.34. The Balaban J connectivity index is 0.00000361. The van der Waals surface area contributed by atoms with Gasteiger partial charge in [0, 0.05) is 6.54 Å². The Morgan fingerprint density at radius 3 is 2.45 bits per heavy atom. The molecule has 0 saturated heterocycles. The van der Waals surface area contributed by atoms with Crippen LogP contribution in [-0.2, 0) is 20.9 Å². The molecule has 0 atom stereocenters. The second kappa shape index (κ2) is 11.2. The van der Waals surface area contributed by atoms with Crippen molar-refractivity contribution in [1.29, 1.82) is 0 Å². The maximum absolute atomic E-state index is 11.3. The molecule has 1 aromatic carbocycles. The average molecular weight is 302 g/mol. The Morgan fingerprint density at radius 2 is 1.80 bits per heavy atom. The number of benzene rings is 1. The molecule has 0 aliphatic heterocycles. The lowest BCUT2D eigenvalue weighted by Crippen LogP contribution is -2.40. The van der Waals surface area contributed by atoms with Crippen LogP contribution in [0.25, 0.3) is 0 Å². The van der Waals surface area contributed by atoms with Gasteiger partial charge in [0.15, 0.2) is 0 Å². The van der Waals surface area contributed by atoms with Gasteiger partial charge in [-0.25, -0.2) is 0 Å². The van der Waals surface area contributed by atoms with Crippen molar-refractivity contribution < 1.29 is 14.3 Å². The molecule has 1 aromatic rings. The van der Waals surface area contributed by atoms with Crippen molar-refractivity contribution in [3.8, 4) is 0 Å². The monoisotopic (exact) mass is 301 g/mol. The fourth-order valence-corrected chi connectivity index (χ4v) is 1.34. The topological polar surface area (TPSA) is 93.5 Å². The van der Waals surface area contributed by atoms with E-state index in [1.165, 1.54) is 0 Å². The predicted octanol–water partition coefficient (Wildman–Crippen LogP) is -0.184. The minimum absolute atomic E-state index is 0. The summed E-state index contributed by atoms with van der Waals surface area (Å²) in [5.41, 5.74) is 6.18. The molecule has 2 amide bonds. The van der Waals surface area contributed by atoms with Crippen molar-refractivity contribution in [3.05, 3.63) is 35.9 Å². The van der Waals surface area contributed by atoms with Gasteiger partial charge in [0.25, 0.3) is 0 Å². The molecule has 1 rings (SSSR count). The van der Waals surface area contributed by atoms with Crippen LogP contribution in [0.5, 0.6) is 0 Å². The highest BCUT2D eigenvalue weighted by Gasteiger charge is 2.02. The normalized spacial score (nSPS) is 9.45. The van der Waals surface area contributed by atoms with Crippen molar-refractivity contribution in [2.24, 2.45) is 5.73 Å². The van der Waals surface area contributed by atoms with E-state index in [4.69, 9.17) is 10.5 Å². The van der Waals surface area contributed by atoms with E-state index in [0.29, 0.717) is 19.8 Å². The molecule has 0 aromatic heterocycles. The van der Waals surface area contributed by atoms with Gasteiger partial charge in [0.1, 0.15) is 0 Å². The van der Waals surface area contributed by atoms with Gasteiger partial charge < -0.3 is 21.1 Å². The number of hydrogen-bond donors (Lipinski definition) is 3. The largest absolute Gasteiger partial charge is 0.375 e. The van der Waals surface area contributed by atoms with Crippen LogP contribution in [-0.4, -0.2) is 38.1 Å². The number of hydrogen-bond acceptors (Lipinski definition) is 4. The van der Waals surface area contributed by atoms with E-state index < -0.39 is 0 Å². The molecule has 0 aliphatic carbocycles. The molecule has 0 aliphatic rings. The number of carbonyl (C=O) groups is 2. The van der Waals surface area contributed by atoms with Crippen LogP contribution < -0.4 is 16.4 Å². The Hall–Kier alpha value is -1.63. The summed E-state index contributed by atoms with van der Waals surface area (Å²) in [6.45, 7) is 1.17. The maximum Gasteiger partial charge on any atom is 0.239 e. The lowest BCUT2D eigenvalue weighted by atomic mass is 10.2. The molecular weight excluding hydrogens is 282 g/mol. The number of amides is 2. The van der Waals surface area contributed by atoms with Gasteiger partial charge >= 0.3 is 0 Å². The predicted molar refractivity (Wildman–Crippen MR) is 78.4 cm³/mol. The number of carbonyl (C=O) groups excluding carboxylic acids is 2. The van der Waals surface area contributed by atoms with E-state index >= 15 is 0 Å². The van der Waals surface area contributed by atoms with Gasteiger partial charge in [-0.05, 0) is 5.56 Å². The van der Waals surface area contributed by atoms with Crippen molar-refractivity contribution >= 4 is 24.2 Å². The quantitative estimate of drug-likeness (QED) is 0.581. The maximum atomic E-state index is 11.3. The molecule has 4 N–H and O–H groups in total. The lowest BCUT2D eigenvalue weighted by molar-refractivity contribution is -0.125. The van der Waals surface area contributed by atoms with E-state index in [2.05, 4.69) is 10.6 Å². The standard InChI is InChI=1S/C13H19N3O3.ClH/c14-8-12(17)16-9-13(18)15-6-7-19-10-11-4-2-1-3-5-11;/h1-5H,6-10,14H2,(H,15,18)(H,16,17);1H. The van der Waals surface area contributed by atoms with E-state index in [1.54, 1.807) is 0 Å². The van der Waals surface area contributed by atoms with E-state index in [1.807, 2.05) is 30.3 Å². The summed E-state index contributed by atoms with van der Waals surface area (Å²) in [5.74, 6) is -0.611. The molecule has 0 fully saturated rings. The highest BCUT2D eigenvalue weighted by atomic mass is 35.5. The van der Waals surface area contributed by atoms with Crippen molar-refractivity contribution in [1.82, 2.24) is 10.6 Å². The Morgan fingerprint density at radius 1 is 1.10 bits per heavy atom. The molecule has 0 unspecified atom stereocenters. The first kappa shape index (κ1) is 18.4. The molecule has 0 bridgehead atoms. The molecule has 7 heteroatoms. The minimum Gasteiger partial charge on any atom is -0.375 e. The smallest absolute Gasteiger partial charge is 0.239 e. The first-order valence-electron chi connectivity index (χ1n) is 6.07. The van der Waals surface area contributed by atoms with Crippen molar-refractivity contribution in [3.63, 3.8) is 0 Å². The molecule has 0 spiro atoms. The average Bonchev–Trinajstić information content (AvgIpc) is 2.45. The first-order chi connectivity index (χ1) is 9.22. The van der Waals surface area contributed by atoms with Crippen LogP contribution >= 0.6 is 12.4 Å². The third-order valence-corrected chi connectivity index (χ3v) is 2.31. The van der Waals surface area contributed by atoms with E-state index in [9.17, 15) is 9.59 Å². The van der Waals surface area contributed by atoms with Crippen LogP contribution in [0, 0.1) is 0 Å². The van der Waals surface area contributed by atoms with Crippen LogP contribution in [0.2, 0.25) is 0 Å². The van der Waals surface area contributed by atoms with Gasteiger partial charge in [-0.3, -0.25) is 9.59 Å². The van der Waals surface area contributed by atoms with Crippen LogP contribution in [0.15, 0.2) is 30.3 Å². The Bertz CT molecular complexity index is 401. The third kappa shape index (κ3) is 8.47. The van der Waals surface area contributed by atoms with Gasteiger partial charge in [0.2, 0.25) is 11.8 Å². The van der Waals surface area contributed by atoms with Gasteiger partial charge in [-0.1, -0.05) is 30.3 Å². The Labute approximate surface area is 124 Å². The van der Waals surface area contributed by atoms with E-state index in [0.717, 1.165) is 5.56 Å².